The Hall–Kier alpha value is -1.14. The number of rotatable bonds is 3. The van der Waals surface area contributed by atoms with Gasteiger partial charge in [-0.05, 0) is 56.7 Å². The molecule has 1 aromatic heterocycles. The Morgan fingerprint density at radius 1 is 1.27 bits per heavy atom. The molecule has 1 aromatic carbocycles. The fourth-order valence-corrected chi connectivity index (χ4v) is 4.32. The maximum atomic E-state index is 7.06. The van der Waals surface area contributed by atoms with Crippen molar-refractivity contribution in [2.24, 2.45) is 0 Å². The van der Waals surface area contributed by atoms with Gasteiger partial charge >= 0.3 is 0 Å². The highest BCUT2D eigenvalue weighted by Gasteiger charge is 2.36. The maximum Gasteiger partial charge on any atom is 0.151 e. The van der Waals surface area contributed by atoms with Gasteiger partial charge in [-0.15, -0.1) is 34.2 Å². The molecule has 0 atom stereocenters. The molecule has 26 heavy (non-hydrogen) atoms. The van der Waals surface area contributed by atoms with Crippen LogP contribution in [0.15, 0.2) is 24.5 Å². The minimum Gasteiger partial charge on any atom is -0.376 e. The Kier molecular flexibility index (Phi) is 5.92. The summed E-state index contributed by atoms with van der Waals surface area (Å²) in [6.07, 6.45) is 6.36. The van der Waals surface area contributed by atoms with E-state index in [-0.39, 0.29) is 23.4 Å². The molecule has 1 N–H and O–H groups in total. The number of hydrogen-bond donors (Lipinski definition) is 1. The molecule has 0 radical (unpaired) electrons. The fourth-order valence-electron chi connectivity index (χ4n) is 3.99. The molecule has 1 aliphatic heterocycles. The van der Waals surface area contributed by atoms with Crippen LogP contribution in [0.1, 0.15) is 56.5 Å². The van der Waals surface area contributed by atoms with Crippen molar-refractivity contribution in [3.63, 3.8) is 0 Å². The predicted octanol–water partition coefficient (Wildman–Crippen LogP) is 4.09. The lowest BCUT2D eigenvalue weighted by Gasteiger charge is -2.36. The minimum absolute atomic E-state index is 0. The summed E-state index contributed by atoms with van der Waals surface area (Å²) in [6.45, 7) is 5.74. The number of aromatic nitrogens is 3. The van der Waals surface area contributed by atoms with Crippen LogP contribution >= 0.6 is 24.0 Å². The second-order valence-electron chi connectivity index (χ2n) is 7.41. The molecule has 0 saturated heterocycles. The van der Waals surface area contributed by atoms with Gasteiger partial charge in [0.2, 0.25) is 0 Å². The van der Waals surface area contributed by atoms with Gasteiger partial charge in [0.15, 0.2) is 5.82 Å². The van der Waals surface area contributed by atoms with Crippen molar-refractivity contribution in [2.45, 2.75) is 69.7 Å². The average molecular weight is 397 g/mol. The first-order valence-electron chi connectivity index (χ1n) is 9.13. The summed E-state index contributed by atoms with van der Waals surface area (Å²) in [5, 5.41) is 11.6. The standard InChI is InChI=1S/C19H25ClN4O.ClH/c1-13(2)25-16-5-7-19(20,8-6-16)15-3-4-17-14(9-15)10-21-11-18-23-22-12-24(17)18;/h3-4,9,12-13,16,21H,5-8,10-11H2,1-2H3;1H. The lowest BCUT2D eigenvalue weighted by molar-refractivity contribution is -0.0174. The van der Waals surface area contributed by atoms with Gasteiger partial charge in [0.05, 0.1) is 29.3 Å². The van der Waals surface area contributed by atoms with E-state index in [1.807, 2.05) is 0 Å². The second kappa shape index (κ2) is 7.85. The Bertz CT molecular complexity index is 754. The smallest absolute Gasteiger partial charge is 0.151 e. The molecule has 0 amide bonds. The van der Waals surface area contributed by atoms with E-state index < -0.39 is 0 Å². The van der Waals surface area contributed by atoms with Crippen molar-refractivity contribution in [1.29, 1.82) is 0 Å². The molecular formula is C19H26Cl2N4O. The van der Waals surface area contributed by atoms with Crippen LogP contribution in [0.4, 0.5) is 0 Å². The van der Waals surface area contributed by atoms with Gasteiger partial charge in [-0.25, -0.2) is 0 Å². The average Bonchev–Trinajstić information content (AvgIpc) is 2.98. The Labute approximate surface area is 165 Å². The van der Waals surface area contributed by atoms with E-state index >= 15 is 0 Å². The number of nitrogens with one attached hydrogen (secondary N) is 1. The molecule has 1 fully saturated rings. The third kappa shape index (κ3) is 3.77. The molecular weight excluding hydrogens is 371 g/mol. The first-order chi connectivity index (χ1) is 12.0. The number of halogens is 2. The third-order valence-corrected chi connectivity index (χ3v) is 5.86. The molecule has 1 aliphatic carbocycles. The molecule has 2 heterocycles. The number of nitrogens with zero attached hydrogens (tertiary/aromatic N) is 3. The number of fused-ring (bicyclic) bond motifs is 3. The molecule has 1 saturated carbocycles. The van der Waals surface area contributed by atoms with Gasteiger partial charge in [0, 0.05) is 6.54 Å². The first kappa shape index (κ1) is 19.6. The third-order valence-electron chi connectivity index (χ3n) is 5.26. The van der Waals surface area contributed by atoms with E-state index in [4.69, 9.17) is 16.3 Å². The van der Waals surface area contributed by atoms with Gasteiger partial charge in [0.1, 0.15) is 6.33 Å². The zero-order valence-electron chi connectivity index (χ0n) is 15.2. The van der Waals surface area contributed by atoms with E-state index in [2.05, 4.69) is 52.1 Å². The van der Waals surface area contributed by atoms with E-state index in [0.717, 1.165) is 50.3 Å². The first-order valence-corrected chi connectivity index (χ1v) is 9.51. The van der Waals surface area contributed by atoms with Crippen molar-refractivity contribution in [3.05, 3.63) is 41.5 Å². The highest BCUT2D eigenvalue weighted by Crippen LogP contribution is 2.44. The summed E-state index contributed by atoms with van der Waals surface area (Å²) < 4.78 is 8.03. The number of benzene rings is 1. The van der Waals surface area contributed by atoms with E-state index in [9.17, 15) is 0 Å². The van der Waals surface area contributed by atoms with Gasteiger partial charge in [-0.3, -0.25) is 4.57 Å². The normalized spacial score (nSPS) is 25.2. The van der Waals surface area contributed by atoms with Crippen molar-refractivity contribution in [1.82, 2.24) is 20.1 Å². The molecule has 0 unspecified atom stereocenters. The summed E-state index contributed by atoms with van der Waals surface area (Å²) in [5.41, 5.74) is 3.61. The molecule has 5 nitrogen and oxygen atoms in total. The summed E-state index contributed by atoms with van der Waals surface area (Å²) in [4.78, 5) is -0.284. The Morgan fingerprint density at radius 2 is 2.04 bits per heavy atom. The molecule has 0 bridgehead atoms. The lowest BCUT2D eigenvalue weighted by atomic mass is 9.81. The molecule has 0 spiro atoms. The summed E-state index contributed by atoms with van der Waals surface area (Å²) in [6, 6.07) is 6.59. The number of alkyl halides is 1. The van der Waals surface area contributed by atoms with Crippen LogP contribution in [-0.4, -0.2) is 27.0 Å². The van der Waals surface area contributed by atoms with Crippen LogP contribution in [0.5, 0.6) is 0 Å². The van der Waals surface area contributed by atoms with Crippen LogP contribution in [0.25, 0.3) is 5.69 Å². The fraction of sp³-hybridized carbons (Fsp3) is 0.579. The van der Waals surface area contributed by atoms with Crippen LogP contribution in [0, 0.1) is 0 Å². The minimum atomic E-state index is -0.284. The van der Waals surface area contributed by atoms with E-state index in [1.165, 1.54) is 11.1 Å². The molecule has 2 aromatic rings. The number of hydrogen-bond acceptors (Lipinski definition) is 4. The lowest BCUT2D eigenvalue weighted by Crippen LogP contribution is -2.31. The van der Waals surface area contributed by atoms with Crippen LogP contribution < -0.4 is 5.32 Å². The number of ether oxygens (including phenoxy) is 1. The highest BCUT2D eigenvalue weighted by atomic mass is 35.5. The topological polar surface area (TPSA) is 52.0 Å². The second-order valence-corrected chi connectivity index (χ2v) is 8.14. The van der Waals surface area contributed by atoms with Gasteiger partial charge < -0.3 is 10.1 Å². The molecule has 2 aliphatic rings. The Balaban J connectivity index is 0.00000196. The van der Waals surface area contributed by atoms with Crippen LogP contribution in [-0.2, 0) is 22.7 Å². The van der Waals surface area contributed by atoms with Gasteiger partial charge in [-0.1, -0.05) is 12.1 Å². The van der Waals surface area contributed by atoms with Crippen LogP contribution in [0.3, 0.4) is 0 Å². The van der Waals surface area contributed by atoms with E-state index in [1.54, 1.807) is 6.33 Å². The van der Waals surface area contributed by atoms with Crippen molar-refractivity contribution in [3.8, 4) is 5.69 Å². The Morgan fingerprint density at radius 3 is 2.77 bits per heavy atom. The van der Waals surface area contributed by atoms with Crippen molar-refractivity contribution >= 4 is 24.0 Å². The molecule has 4 rings (SSSR count). The highest BCUT2D eigenvalue weighted by molar-refractivity contribution is 6.24. The van der Waals surface area contributed by atoms with Gasteiger partial charge in [0.25, 0.3) is 0 Å². The molecule has 142 valence electrons. The summed E-state index contributed by atoms with van der Waals surface area (Å²) in [7, 11) is 0. The summed E-state index contributed by atoms with van der Waals surface area (Å²) in [5.74, 6) is 0.943. The summed E-state index contributed by atoms with van der Waals surface area (Å²) >= 11 is 7.06. The largest absolute Gasteiger partial charge is 0.376 e. The van der Waals surface area contributed by atoms with E-state index in [0.29, 0.717) is 6.10 Å². The zero-order valence-corrected chi connectivity index (χ0v) is 16.8. The maximum absolute atomic E-state index is 7.06. The molecule has 7 heteroatoms. The van der Waals surface area contributed by atoms with Gasteiger partial charge in [-0.2, -0.15) is 0 Å². The SMILES string of the molecule is CC(C)OC1CCC(Cl)(c2ccc3c(c2)CNCc2nncn2-3)CC1.Cl. The zero-order chi connectivity index (χ0) is 17.4. The van der Waals surface area contributed by atoms with Crippen molar-refractivity contribution < 1.29 is 4.74 Å². The van der Waals surface area contributed by atoms with Crippen LogP contribution in [0.2, 0.25) is 0 Å². The van der Waals surface area contributed by atoms with Crippen molar-refractivity contribution in [2.75, 3.05) is 0 Å². The monoisotopic (exact) mass is 396 g/mol. The predicted molar refractivity (Wildman–Crippen MR) is 105 cm³/mol. The quantitative estimate of drug-likeness (QED) is 0.793.